The third-order valence-electron chi connectivity index (χ3n) is 2.19. The highest BCUT2D eigenvalue weighted by Crippen LogP contribution is 2.17. The van der Waals surface area contributed by atoms with Gasteiger partial charge in [-0.05, 0) is 0 Å². The Morgan fingerprint density at radius 1 is 1.50 bits per heavy atom. The van der Waals surface area contributed by atoms with Crippen LogP contribution in [0.4, 0.5) is 0 Å². The summed E-state index contributed by atoms with van der Waals surface area (Å²) in [5.74, 6) is 0.705. The molecule has 0 atom stereocenters. The molecular weight excluding hydrogens is 250 g/mol. The van der Waals surface area contributed by atoms with E-state index in [2.05, 4.69) is 15.9 Å². The van der Waals surface area contributed by atoms with Crippen molar-refractivity contribution in [2.24, 2.45) is 5.92 Å². The summed E-state index contributed by atoms with van der Waals surface area (Å²) in [4.78, 5) is 13.2. The maximum Gasteiger partial charge on any atom is 0.248 e. The Morgan fingerprint density at radius 3 is 2.79 bits per heavy atom. The summed E-state index contributed by atoms with van der Waals surface area (Å²) in [6, 6.07) is 0. The van der Waals surface area contributed by atoms with E-state index in [-0.39, 0.29) is 12.5 Å². The number of ether oxygens (including phenoxy) is 2. The van der Waals surface area contributed by atoms with E-state index < -0.39 is 0 Å². The van der Waals surface area contributed by atoms with E-state index in [9.17, 15) is 4.79 Å². The van der Waals surface area contributed by atoms with Crippen molar-refractivity contribution < 1.29 is 14.3 Å². The van der Waals surface area contributed by atoms with Gasteiger partial charge in [0.25, 0.3) is 0 Å². The lowest BCUT2D eigenvalue weighted by molar-refractivity contribution is -0.142. The van der Waals surface area contributed by atoms with Crippen molar-refractivity contribution in [1.29, 1.82) is 0 Å². The normalized spacial score (nSPS) is 16.9. The van der Waals surface area contributed by atoms with Gasteiger partial charge < -0.3 is 14.4 Å². The molecule has 0 aromatic rings. The average Bonchev–Trinajstić information content (AvgIpc) is 2.11. The summed E-state index contributed by atoms with van der Waals surface area (Å²) in [5, 5.41) is 0.974. The van der Waals surface area contributed by atoms with Crippen molar-refractivity contribution in [3.8, 4) is 0 Å². The van der Waals surface area contributed by atoms with E-state index in [0.29, 0.717) is 19.1 Å². The van der Waals surface area contributed by atoms with Gasteiger partial charge in [-0.1, -0.05) is 15.9 Å². The highest BCUT2D eigenvalue weighted by atomic mass is 79.9. The minimum absolute atomic E-state index is 0.0818. The maximum atomic E-state index is 11.4. The van der Waals surface area contributed by atoms with Crippen molar-refractivity contribution in [2.75, 3.05) is 45.4 Å². The number of methoxy groups -OCH3 is 1. The summed E-state index contributed by atoms with van der Waals surface area (Å²) in [6.45, 7) is 2.92. The fraction of sp³-hybridized carbons (Fsp3) is 0.889. The molecule has 1 amide bonds. The molecule has 1 fully saturated rings. The zero-order chi connectivity index (χ0) is 10.4. The number of nitrogens with zero attached hydrogens (tertiary/aromatic N) is 1. The fourth-order valence-electron chi connectivity index (χ4n) is 1.26. The molecule has 0 aromatic heterocycles. The van der Waals surface area contributed by atoms with Gasteiger partial charge in [-0.2, -0.15) is 0 Å². The Balaban J connectivity index is 2.00. The van der Waals surface area contributed by atoms with Gasteiger partial charge in [-0.15, -0.1) is 0 Å². The Labute approximate surface area is 92.7 Å². The molecule has 5 heteroatoms. The predicted molar refractivity (Wildman–Crippen MR) is 56.6 cm³/mol. The Morgan fingerprint density at radius 2 is 2.21 bits per heavy atom. The molecule has 0 saturated carbocycles. The van der Waals surface area contributed by atoms with Gasteiger partial charge in [0.1, 0.15) is 6.61 Å². The standard InChI is InChI=1S/C9H16BrNO3/c1-13-2-3-14-7-9(12)11-5-8(4-10)6-11/h8H,2-7H2,1H3. The Kier molecular flexibility index (Phi) is 5.44. The van der Waals surface area contributed by atoms with Crippen LogP contribution >= 0.6 is 15.9 Å². The van der Waals surface area contributed by atoms with Crippen LogP contribution in [0.5, 0.6) is 0 Å². The first kappa shape index (κ1) is 11.9. The van der Waals surface area contributed by atoms with Gasteiger partial charge in [-0.25, -0.2) is 0 Å². The molecule has 4 nitrogen and oxygen atoms in total. The van der Waals surface area contributed by atoms with Crippen molar-refractivity contribution in [2.45, 2.75) is 0 Å². The average molecular weight is 266 g/mol. The second kappa shape index (κ2) is 6.37. The number of carbonyl (C=O) groups excluding carboxylic acids is 1. The van der Waals surface area contributed by atoms with Crippen LogP contribution in [0.1, 0.15) is 0 Å². The van der Waals surface area contributed by atoms with Gasteiger partial charge in [0.2, 0.25) is 5.91 Å². The number of hydrogen-bond donors (Lipinski definition) is 0. The molecule has 0 aromatic carbocycles. The SMILES string of the molecule is COCCOCC(=O)N1CC(CBr)C1. The molecule has 1 rings (SSSR count). The lowest BCUT2D eigenvalue weighted by Gasteiger charge is -2.38. The molecule has 0 radical (unpaired) electrons. The van der Waals surface area contributed by atoms with Crippen LogP contribution in [0.3, 0.4) is 0 Å². The van der Waals surface area contributed by atoms with Crippen LogP contribution in [0, 0.1) is 5.92 Å². The van der Waals surface area contributed by atoms with Crippen LogP contribution in [-0.4, -0.2) is 56.2 Å². The molecule has 82 valence electrons. The first-order valence-electron chi connectivity index (χ1n) is 4.68. The van der Waals surface area contributed by atoms with Crippen molar-refractivity contribution in [3.05, 3.63) is 0 Å². The summed E-state index contributed by atoms with van der Waals surface area (Å²) >= 11 is 3.39. The van der Waals surface area contributed by atoms with Crippen molar-refractivity contribution >= 4 is 21.8 Å². The molecule has 0 bridgehead atoms. The molecule has 1 aliphatic heterocycles. The van der Waals surface area contributed by atoms with Crippen LogP contribution < -0.4 is 0 Å². The summed E-state index contributed by atoms with van der Waals surface area (Å²) in [6.07, 6.45) is 0. The smallest absolute Gasteiger partial charge is 0.248 e. The third kappa shape index (κ3) is 3.55. The number of alkyl halides is 1. The Bertz CT molecular complexity index is 183. The number of likely N-dealkylation sites (tertiary alicyclic amines) is 1. The van der Waals surface area contributed by atoms with Gasteiger partial charge in [0, 0.05) is 31.4 Å². The van der Waals surface area contributed by atoms with Gasteiger partial charge in [0.15, 0.2) is 0 Å². The largest absolute Gasteiger partial charge is 0.382 e. The fourth-order valence-corrected chi connectivity index (χ4v) is 1.67. The first-order valence-corrected chi connectivity index (χ1v) is 5.80. The molecule has 0 N–H and O–H groups in total. The maximum absolute atomic E-state index is 11.4. The van der Waals surface area contributed by atoms with Crippen LogP contribution in [0.2, 0.25) is 0 Å². The summed E-state index contributed by atoms with van der Waals surface area (Å²) in [5.41, 5.74) is 0. The van der Waals surface area contributed by atoms with E-state index in [1.54, 1.807) is 7.11 Å². The minimum Gasteiger partial charge on any atom is -0.382 e. The summed E-state index contributed by atoms with van der Waals surface area (Å²) < 4.78 is 9.94. The molecular formula is C9H16BrNO3. The second-order valence-electron chi connectivity index (χ2n) is 3.36. The molecule has 0 aliphatic carbocycles. The third-order valence-corrected chi connectivity index (χ3v) is 3.10. The lowest BCUT2D eigenvalue weighted by Crippen LogP contribution is -2.51. The highest BCUT2D eigenvalue weighted by molar-refractivity contribution is 9.09. The van der Waals surface area contributed by atoms with E-state index in [1.807, 2.05) is 4.90 Å². The number of carbonyl (C=O) groups is 1. The lowest BCUT2D eigenvalue weighted by atomic mass is 10.0. The molecule has 0 spiro atoms. The van der Waals surface area contributed by atoms with Crippen molar-refractivity contribution in [1.82, 2.24) is 4.90 Å². The van der Waals surface area contributed by atoms with Crippen LogP contribution in [-0.2, 0) is 14.3 Å². The van der Waals surface area contributed by atoms with E-state index >= 15 is 0 Å². The number of amides is 1. The van der Waals surface area contributed by atoms with Crippen LogP contribution in [0.15, 0.2) is 0 Å². The summed E-state index contributed by atoms with van der Waals surface area (Å²) in [7, 11) is 1.61. The van der Waals surface area contributed by atoms with E-state index in [1.165, 1.54) is 0 Å². The Hall–Kier alpha value is -0.130. The molecule has 1 saturated heterocycles. The zero-order valence-electron chi connectivity index (χ0n) is 8.37. The monoisotopic (exact) mass is 265 g/mol. The van der Waals surface area contributed by atoms with Gasteiger partial charge >= 0.3 is 0 Å². The number of halogens is 1. The minimum atomic E-state index is 0.0818. The molecule has 1 aliphatic rings. The van der Waals surface area contributed by atoms with Gasteiger partial charge in [-0.3, -0.25) is 4.79 Å². The first-order chi connectivity index (χ1) is 6.77. The number of hydrogen-bond acceptors (Lipinski definition) is 3. The molecule has 1 heterocycles. The number of rotatable bonds is 6. The van der Waals surface area contributed by atoms with E-state index in [0.717, 1.165) is 18.4 Å². The predicted octanol–water partition coefficient (Wildman–Crippen LogP) is 0.503. The van der Waals surface area contributed by atoms with Crippen LogP contribution in [0.25, 0.3) is 0 Å². The van der Waals surface area contributed by atoms with Gasteiger partial charge in [0.05, 0.1) is 13.2 Å². The van der Waals surface area contributed by atoms with E-state index in [4.69, 9.17) is 9.47 Å². The topological polar surface area (TPSA) is 38.8 Å². The zero-order valence-corrected chi connectivity index (χ0v) is 9.96. The quantitative estimate of drug-likeness (QED) is 0.519. The molecule has 0 unspecified atom stereocenters. The molecule has 14 heavy (non-hydrogen) atoms. The second-order valence-corrected chi connectivity index (χ2v) is 4.01. The highest BCUT2D eigenvalue weighted by Gasteiger charge is 2.29. The van der Waals surface area contributed by atoms with Crippen molar-refractivity contribution in [3.63, 3.8) is 0 Å².